The number of nitrogens with zero attached hydrogens (tertiary/aromatic N) is 2. The molecule has 1 heterocycles. The van der Waals surface area contributed by atoms with Crippen molar-refractivity contribution in [2.24, 2.45) is 0 Å². The Morgan fingerprint density at radius 3 is 2.41 bits per heavy atom. The SMILES string of the molecule is COc1ccccc1N1CCN(C(C)C(=O)NC(C)c2ccc(Cl)cc2Cl)CC1. The summed E-state index contributed by atoms with van der Waals surface area (Å²) in [5.74, 6) is 0.870. The Balaban J connectivity index is 1.57. The van der Waals surface area contributed by atoms with Gasteiger partial charge in [0.25, 0.3) is 0 Å². The maximum absolute atomic E-state index is 12.8. The van der Waals surface area contributed by atoms with Gasteiger partial charge in [0.1, 0.15) is 5.75 Å². The molecule has 1 N–H and O–H groups in total. The summed E-state index contributed by atoms with van der Waals surface area (Å²) in [6.45, 7) is 7.18. The van der Waals surface area contributed by atoms with Crippen molar-refractivity contribution in [2.75, 3.05) is 38.2 Å². The van der Waals surface area contributed by atoms with Crippen LogP contribution in [-0.2, 0) is 4.79 Å². The molecule has 1 fully saturated rings. The number of carbonyl (C=O) groups is 1. The highest BCUT2D eigenvalue weighted by Crippen LogP contribution is 2.29. The third kappa shape index (κ3) is 5.16. The van der Waals surface area contributed by atoms with E-state index in [9.17, 15) is 4.79 Å². The summed E-state index contributed by atoms with van der Waals surface area (Å²) in [5.41, 5.74) is 1.95. The molecule has 0 bridgehead atoms. The Bertz CT molecular complexity index is 854. The lowest BCUT2D eigenvalue weighted by Gasteiger charge is -2.39. The first-order chi connectivity index (χ1) is 13.9. The maximum atomic E-state index is 12.8. The molecule has 0 saturated carbocycles. The second-order valence-corrected chi connectivity index (χ2v) is 8.11. The molecule has 2 unspecified atom stereocenters. The molecule has 0 spiro atoms. The topological polar surface area (TPSA) is 44.8 Å². The molecule has 2 aromatic carbocycles. The lowest BCUT2D eigenvalue weighted by molar-refractivity contribution is -0.126. The number of anilines is 1. The standard InChI is InChI=1S/C22H27Cl2N3O2/c1-15(18-9-8-17(23)14-19(18)24)25-22(28)16(2)26-10-12-27(13-11-26)20-6-4-5-7-21(20)29-3/h4-9,14-16H,10-13H2,1-3H3,(H,25,28). The second-order valence-electron chi connectivity index (χ2n) is 7.27. The van der Waals surface area contributed by atoms with E-state index < -0.39 is 0 Å². The number of nitrogens with one attached hydrogen (secondary N) is 1. The van der Waals surface area contributed by atoms with Crippen LogP contribution in [0.25, 0.3) is 0 Å². The zero-order chi connectivity index (χ0) is 21.0. The van der Waals surface area contributed by atoms with E-state index in [0.29, 0.717) is 10.0 Å². The largest absolute Gasteiger partial charge is 0.495 e. The van der Waals surface area contributed by atoms with Crippen molar-refractivity contribution in [2.45, 2.75) is 25.9 Å². The van der Waals surface area contributed by atoms with Crippen LogP contribution in [0, 0.1) is 0 Å². The van der Waals surface area contributed by atoms with Crippen LogP contribution in [0.2, 0.25) is 10.0 Å². The highest BCUT2D eigenvalue weighted by Gasteiger charge is 2.27. The van der Waals surface area contributed by atoms with E-state index in [4.69, 9.17) is 27.9 Å². The van der Waals surface area contributed by atoms with Crippen molar-refractivity contribution >= 4 is 34.8 Å². The Hall–Kier alpha value is -1.95. The van der Waals surface area contributed by atoms with Crippen LogP contribution >= 0.6 is 23.2 Å². The van der Waals surface area contributed by atoms with Crippen LogP contribution in [-0.4, -0.2) is 50.1 Å². The minimum atomic E-state index is -0.219. The van der Waals surface area contributed by atoms with E-state index in [1.807, 2.05) is 38.1 Å². The van der Waals surface area contributed by atoms with Crippen molar-refractivity contribution in [3.8, 4) is 5.75 Å². The number of piperazine rings is 1. The van der Waals surface area contributed by atoms with Crippen LogP contribution < -0.4 is 15.0 Å². The van der Waals surface area contributed by atoms with Crippen LogP contribution in [0.3, 0.4) is 0 Å². The number of rotatable bonds is 6. The fraction of sp³-hybridized carbons (Fsp3) is 0.409. The smallest absolute Gasteiger partial charge is 0.237 e. The third-order valence-electron chi connectivity index (χ3n) is 5.46. The molecule has 5 nitrogen and oxygen atoms in total. The van der Waals surface area contributed by atoms with Crippen molar-refractivity contribution in [1.29, 1.82) is 0 Å². The number of hydrogen-bond donors (Lipinski definition) is 1. The molecular weight excluding hydrogens is 409 g/mol. The average molecular weight is 436 g/mol. The summed E-state index contributed by atoms with van der Waals surface area (Å²) in [7, 11) is 1.69. The van der Waals surface area contributed by atoms with E-state index in [1.54, 1.807) is 19.2 Å². The number of carbonyl (C=O) groups excluding carboxylic acids is 1. The number of hydrogen-bond acceptors (Lipinski definition) is 4. The highest BCUT2D eigenvalue weighted by molar-refractivity contribution is 6.35. The number of amides is 1. The maximum Gasteiger partial charge on any atom is 0.237 e. The monoisotopic (exact) mass is 435 g/mol. The Morgan fingerprint density at radius 2 is 1.76 bits per heavy atom. The Labute approximate surface area is 182 Å². The van der Waals surface area contributed by atoms with Gasteiger partial charge in [0.2, 0.25) is 5.91 Å². The summed E-state index contributed by atoms with van der Waals surface area (Å²) in [6.07, 6.45) is 0. The van der Waals surface area contributed by atoms with Crippen LogP contribution in [0.4, 0.5) is 5.69 Å². The second kappa shape index (κ2) is 9.70. The molecule has 0 aromatic heterocycles. The molecule has 0 radical (unpaired) electrons. The number of halogens is 2. The molecule has 1 amide bonds. The number of methoxy groups -OCH3 is 1. The molecule has 2 aromatic rings. The van der Waals surface area contributed by atoms with Crippen LogP contribution in [0.15, 0.2) is 42.5 Å². The number of ether oxygens (including phenoxy) is 1. The van der Waals surface area contributed by atoms with Gasteiger partial charge in [-0.2, -0.15) is 0 Å². The summed E-state index contributed by atoms with van der Waals surface area (Å²) >= 11 is 12.2. The van der Waals surface area contributed by atoms with Gasteiger partial charge in [-0.1, -0.05) is 41.4 Å². The molecule has 0 aliphatic carbocycles. The molecule has 156 valence electrons. The molecule has 1 aliphatic heterocycles. The van der Waals surface area contributed by atoms with Gasteiger partial charge in [0.15, 0.2) is 0 Å². The van der Waals surface area contributed by atoms with E-state index in [0.717, 1.165) is 43.2 Å². The lowest BCUT2D eigenvalue weighted by Crippen LogP contribution is -2.54. The molecule has 3 rings (SSSR count). The molecule has 1 aliphatic rings. The number of benzene rings is 2. The van der Waals surface area contributed by atoms with Gasteiger partial charge in [-0.25, -0.2) is 0 Å². The fourth-order valence-corrected chi connectivity index (χ4v) is 4.24. The Kier molecular flexibility index (Phi) is 7.28. The van der Waals surface area contributed by atoms with Crippen molar-refractivity contribution in [1.82, 2.24) is 10.2 Å². The predicted octanol–water partition coefficient (Wildman–Crippen LogP) is 4.39. The molecule has 7 heteroatoms. The summed E-state index contributed by atoms with van der Waals surface area (Å²) < 4.78 is 5.48. The number of para-hydroxylation sites is 2. The van der Waals surface area contributed by atoms with E-state index >= 15 is 0 Å². The van der Waals surface area contributed by atoms with Gasteiger partial charge in [-0.05, 0) is 43.7 Å². The van der Waals surface area contributed by atoms with Gasteiger partial charge >= 0.3 is 0 Å². The van der Waals surface area contributed by atoms with E-state index in [2.05, 4.69) is 21.2 Å². The van der Waals surface area contributed by atoms with Crippen molar-refractivity contribution < 1.29 is 9.53 Å². The fourth-order valence-electron chi connectivity index (χ4n) is 3.67. The van der Waals surface area contributed by atoms with Crippen molar-refractivity contribution in [3.05, 3.63) is 58.1 Å². The zero-order valence-corrected chi connectivity index (χ0v) is 18.5. The average Bonchev–Trinajstić information content (AvgIpc) is 2.73. The summed E-state index contributed by atoms with van der Waals surface area (Å²) in [4.78, 5) is 17.3. The van der Waals surface area contributed by atoms with Crippen molar-refractivity contribution in [3.63, 3.8) is 0 Å². The normalized spacial score (nSPS) is 16.9. The zero-order valence-electron chi connectivity index (χ0n) is 17.0. The first-order valence-electron chi connectivity index (χ1n) is 9.78. The highest BCUT2D eigenvalue weighted by atomic mass is 35.5. The Morgan fingerprint density at radius 1 is 1.07 bits per heavy atom. The summed E-state index contributed by atoms with van der Waals surface area (Å²) in [6, 6.07) is 13.0. The molecule has 29 heavy (non-hydrogen) atoms. The molecular formula is C22H27Cl2N3O2. The van der Waals surface area contributed by atoms with Crippen LogP contribution in [0.5, 0.6) is 5.75 Å². The molecule has 2 atom stereocenters. The van der Waals surface area contributed by atoms with Gasteiger partial charge in [-0.15, -0.1) is 0 Å². The lowest BCUT2D eigenvalue weighted by atomic mass is 10.1. The van der Waals surface area contributed by atoms with E-state index in [-0.39, 0.29) is 18.0 Å². The predicted molar refractivity (Wildman–Crippen MR) is 119 cm³/mol. The molecule has 1 saturated heterocycles. The first kappa shape index (κ1) is 21.8. The van der Waals surface area contributed by atoms with E-state index in [1.165, 1.54) is 0 Å². The third-order valence-corrected chi connectivity index (χ3v) is 6.02. The summed E-state index contributed by atoms with van der Waals surface area (Å²) in [5, 5.41) is 4.21. The minimum Gasteiger partial charge on any atom is -0.495 e. The first-order valence-corrected chi connectivity index (χ1v) is 10.5. The van der Waals surface area contributed by atoms with Gasteiger partial charge in [0.05, 0.1) is 24.9 Å². The quantitative estimate of drug-likeness (QED) is 0.730. The van der Waals surface area contributed by atoms with Gasteiger partial charge < -0.3 is 15.0 Å². The van der Waals surface area contributed by atoms with Crippen LogP contribution in [0.1, 0.15) is 25.5 Å². The van der Waals surface area contributed by atoms with Gasteiger partial charge in [-0.3, -0.25) is 9.69 Å². The van der Waals surface area contributed by atoms with Gasteiger partial charge in [0, 0.05) is 36.2 Å². The minimum absolute atomic E-state index is 0.00532.